The second kappa shape index (κ2) is 9.15. The fourth-order valence-corrected chi connectivity index (χ4v) is 5.07. The topological polar surface area (TPSA) is 48.5 Å². The lowest BCUT2D eigenvalue weighted by Crippen LogP contribution is -2.48. The molecule has 0 spiro atoms. The molecule has 1 aliphatic rings. The summed E-state index contributed by atoms with van der Waals surface area (Å²) < 4.78 is 1.13. The van der Waals surface area contributed by atoms with Crippen LogP contribution in [0.5, 0.6) is 0 Å². The zero-order valence-electron chi connectivity index (χ0n) is 18.3. The molecular weight excluding hydrogens is 428 g/mol. The number of nitrogens with zero attached hydrogens (tertiary/aromatic N) is 3. The Morgan fingerprint density at radius 2 is 1.81 bits per heavy atom. The Morgan fingerprint density at radius 1 is 1.10 bits per heavy atom. The molecule has 1 fully saturated rings. The van der Waals surface area contributed by atoms with Gasteiger partial charge < -0.3 is 10.2 Å². The first-order valence-electron chi connectivity index (χ1n) is 10.7. The quantitative estimate of drug-likeness (QED) is 0.599. The fourth-order valence-electron chi connectivity index (χ4n) is 3.75. The number of hydrogen-bond acceptors (Lipinski definition) is 5. The molecule has 3 aromatic rings. The van der Waals surface area contributed by atoms with E-state index in [1.165, 1.54) is 5.56 Å². The molecule has 1 N–H and O–H groups in total. The molecule has 0 radical (unpaired) electrons. The maximum atomic E-state index is 12.4. The molecule has 0 saturated carbocycles. The molecule has 1 amide bonds. The first kappa shape index (κ1) is 22.1. The van der Waals surface area contributed by atoms with E-state index in [9.17, 15) is 4.79 Å². The van der Waals surface area contributed by atoms with Crippen molar-refractivity contribution in [3.8, 4) is 0 Å². The van der Waals surface area contributed by atoms with E-state index in [1.54, 1.807) is 11.3 Å². The van der Waals surface area contributed by atoms with E-state index >= 15 is 0 Å². The number of amides is 1. The van der Waals surface area contributed by atoms with Crippen molar-refractivity contribution >= 4 is 44.2 Å². The van der Waals surface area contributed by atoms with Crippen LogP contribution >= 0.6 is 22.9 Å². The molecule has 31 heavy (non-hydrogen) atoms. The zero-order chi connectivity index (χ0) is 22.0. The van der Waals surface area contributed by atoms with Crippen molar-refractivity contribution in [2.75, 3.05) is 44.2 Å². The van der Waals surface area contributed by atoms with Gasteiger partial charge in [-0.2, -0.15) is 0 Å². The molecule has 4 rings (SSSR count). The van der Waals surface area contributed by atoms with Crippen molar-refractivity contribution < 1.29 is 4.79 Å². The Balaban J connectivity index is 1.24. The summed E-state index contributed by atoms with van der Waals surface area (Å²) in [6.07, 6.45) is 0. The summed E-state index contributed by atoms with van der Waals surface area (Å²) in [5.41, 5.74) is 2.93. The SMILES string of the molecule is CC(C)(C)c1ccc(C(=O)NCCN2CCN(c3nc4c(Cl)cccc4s3)CC2)cc1. The molecule has 164 valence electrons. The summed E-state index contributed by atoms with van der Waals surface area (Å²) in [7, 11) is 0. The third kappa shape index (κ3) is 5.20. The molecule has 5 nitrogen and oxygen atoms in total. The molecule has 1 aromatic heterocycles. The number of aromatic nitrogens is 1. The lowest BCUT2D eigenvalue weighted by Gasteiger charge is -2.34. The average Bonchev–Trinajstić information content (AvgIpc) is 3.19. The fraction of sp³-hybridized carbons (Fsp3) is 0.417. The van der Waals surface area contributed by atoms with E-state index < -0.39 is 0 Å². The number of rotatable bonds is 5. The van der Waals surface area contributed by atoms with Gasteiger partial charge >= 0.3 is 0 Å². The van der Waals surface area contributed by atoms with Gasteiger partial charge in [-0.25, -0.2) is 4.98 Å². The highest BCUT2D eigenvalue weighted by molar-refractivity contribution is 7.22. The van der Waals surface area contributed by atoms with Crippen LogP contribution in [0.2, 0.25) is 5.02 Å². The summed E-state index contributed by atoms with van der Waals surface area (Å²) >= 11 is 7.97. The number of benzene rings is 2. The molecule has 0 atom stereocenters. The predicted molar refractivity (Wildman–Crippen MR) is 131 cm³/mol. The number of hydrogen-bond donors (Lipinski definition) is 1. The van der Waals surface area contributed by atoms with E-state index in [0.29, 0.717) is 17.1 Å². The summed E-state index contributed by atoms with van der Waals surface area (Å²) in [6.45, 7) is 11.8. The van der Waals surface area contributed by atoms with Crippen molar-refractivity contribution in [1.82, 2.24) is 15.2 Å². The van der Waals surface area contributed by atoms with Crippen molar-refractivity contribution in [2.45, 2.75) is 26.2 Å². The zero-order valence-corrected chi connectivity index (χ0v) is 19.9. The number of halogens is 1. The number of thiazole rings is 1. The highest BCUT2D eigenvalue weighted by atomic mass is 35.5. The van der Waals surface area contributed by atoms with E-state index in [0.717, 1.165) is 48.1 Å². The van der Waals surface area contributed by atoms with Crippen LogP contribution in [0, 0.1) is 0 Å². The third-order valence-electron chi connectivity index (χ3n) is 5.73. The molecule has 0 aliphatic carbocycles. The van der Waals surface area contributed by atoms with E-state index in [1.807, 2.05) is 36.4 Å². The number of nitrogens with one attached hydrogen (secondary N) is 1. The monoisotopic (exact) mass is 456 g/mol. The minimum Gasteiger partial charge on any atom is -0.351 e. The van der Waals surface area contributed by atoms with Gasteiger partial charge in [-0.1, -0.05) is 61.9 Å². The van der Waals surface area contributed by atoms with Gasteiger partial charge in [-0.15, -0.1) is 0 Å². The van der Waals surface area contributed by atoms with Crippen LogP contribution in [-0.4, -0.2) is 55.1 Å². The molecule has 7 heteroatoms. The number of fused-ring (bicyclic) bond motifs is 1. The van der Waals surface area contributed by atoms with Crippen LogP contribution < -0.4 is 10.2 Å². The second-order valence-electron chi connectivity index (χ2n) is 8.99. The van der Waals surface area contributed by atoms with Crippen molar-refractivity contribution in [1.29, 1.82) is 0 Å². The van der Waals surface area contributed by atoms with Gasteiger partial charge in [-0.05, 0) is 35.2 Å². The first-order valence-corrected chi connectivity index (χ1v) is 11.9. The van der Waals surface area contributed by atoms with Gasteiger partial charge in [-0.3, -0.25) is 9.69 Å². The Morgan fingerprint density at radius 3 is 2.45 bits per heavy atom. The van der Waals surface area contributed by atoms with Crippen LogP contribution in [0.3, 0.4) is 0 Å². The van der Waals surface area contributed by atoms with Crippen molar-refractivity contribution in [2.24, 2.45) is 0 Å². The van der Waals surface area contributed by atoms with Crippen LogP contribution in [-0.2, 0) is 5.41 Å². The van der Waals surface area contributed by atoms with Gasteiger partial charge in [0.1, 0.15) is 5.52 Å². The van der Waals surface area contributed by atoms with Crippen LogP contribution in [0.25, 0.3) is 10.2 Å². The number of carbonyl (C=O) groups excluding carboxylic acids is 1. The number of piperazine rings is 1. The minimum atomic E-state index is -0.00884. The van der Waals surface area contributed by atoms with E-state index in [-0.39, 0.29) is 11.3 Å². The first-order chi connectivity index (χ1) is 14.8. The molecule has 1 aliphatic heterocycles. The normalized spacial score (nSPS) is 15.4. The third-order valence-corrected chi connectivity index (χ3v) is 7.11. The molecule has 2 aromatic carbocycles. The van der Waals surface area contributed by atoms with Crippen molar-refractivity contribution in [3.63, 3.8) is 0 Å². The molecular formula is C24H29ClN4OS. The van der Waals surface area contributed by atoms with E-state index in [4.69, 9.17) is 16.6 Å². The second-order valence-corrected chi connectivity index (χ2v) is 10.4. The smallest absolute Gasteiger partial charge is 0.251 e. The largest absolute Gasteiger partial charge is 0.351 e. The summed E-state index contributed by atoms with van der Waals surface area (Å²) in [5, 5.41) is 4.80. The molecule has 2 heterocycles. The van der Waals surface area contributed by atoms with Gasteiger partial charge in [0.05, 0.1) is 9.72 Å². The number of para-hydroxylation sites is 1. The Labute approximate surface area is 193 Å². The molecule has 0 unspecified atom stereocenters. The van der Waals surface area contributed by atoms with Crippen LogP contribution in [0.1, 0.15) is 36.7 Å². The highest BCUT2D eigenvalue weighted by Crippen LogP contribution is 2.33. The van der Waals surface area contributed by atoms with E-state index in [2.05, 4.69) is 42.0 Å². The summed E-state index contributed by atoms with van der Waals surface area (Å²) in [4.78, 5) is 21.9. The van der Waals surface area contributed by atoms with Crippen molar-refractivity contribution in [3.05, 3.63) is 58.6 Å². The average molecular weight is 457 g/mol. The number of carbonyl (C=O) groups is 1. The number of anilines is 1. The predicted octanol–water partition coefficient (Wildman–Crippen LogP) is 4.80. The maximum absolute atomic E-state index is 12.4. The Hall–Kier alpha value is -2.15. The van der Waals surface area contributed by atoms with Gasteiger partial charge in [0.25, 0.3) is 5.91 Å². The standard InChI is InChI=1S/C24H29ClN4OS/c1-24(2,3)18-9-7-17(8-10-18)22(30)26-11-12-28-13-15-29(16-14-28)23-27-21-19(25)5-4-6-20(21)31-23/h4-10H,11-16H2,1-3H3,(H,26,30). The lowest BCUT2D eigenvalue weighted by molar-refractivity contribution is 0.0947. The lowest BCUT2D eigenvalue weighted by atomic mass is 9.87. The highest BCUT2D eigenvalue weighted by Gasteiger charge is 2.20. The Kier molecular flexibility index (Phi) is 6.51. The Bertz CT molecular complexity index is 1050. The summed E-state index contributed by atoms with van der Waals surface area (Å²) in [6, 6.07) is 13.8. The van der Waals surface area contributed by atoms with Gasteiger partial charge in [0.2, 0.25) is 0 Å². The van der Waals surface area contributed by atoms with Crippen LogP contribution in [0.4, 0.5) is 5.13 Å². The van der Waals surface area contributed by atoms with Gasteiger partial charge in [0.15, 0.2) is 5.13 Å². The summed E-state index contributed by atoms with van der Waals surface area (Å²) in [5.74, 6) is -0.00884. The van der Waals surface area contributed by atoms with Gasteiger partial charge in [0, 0.05) is 44.8 Å². The van der Waals surface area contributed by atoms with Crippen LogP contribution in [0.15, 0.2) is 42.5 Å². The molecule has 0 bridgehead atoms. The minimum absolute atomic E-state index is 0.00884. The molecule has 1 saturated heterocycles. The maximum Gasteiger partial charge on any atom is 0.251 e.